The number of aromatic nitrogens is 3. The Morgan fingerprint density at radius 3 is 2.76 bits per heavy atom. The monoisotopic (exact) mass is 305 g/mol. The highest BCUT2D eigenvalue weighted by molar-refractivity contribution is 7.09. The lowest BCUT2D eigenvalue weighted by atomic mass is 10.1. The number of ether oxygens (including phenoxy) is 1. The molecule has 0 bridgehead atoms. The summed E-state index contributed by atoms with van der Waals surface area (Å²) in [6.07, 6.45) is 3.82. The van der Waals surface area contributed by atoms with Gasteiger partial charge < -0.3 is 4.74 Å². The summed E-state index contributed by atoms with van der Waals surface area (Å²) < 4.78 is 5.05. The van der Waals surface area contributed by atoms with Gasteiger partial charge in [0.1, 0.15) is 10.8 Å². The van der Waals surface area contributed by atoms with Crippen LogP contribution in [0.15, 0.2) is 11.6 Å². The Bertz CT molecular complexity index is 625. The molecule has 0 aliphatic rings. The van der Waals surface area contributed by atoms with Crippen LogP contribution in [-0.4, -0.2) is 27.5 Å². The molecule has 0 unspecified atom stereocenters. The summed E-state index contributed by atoms with van der Waals surface area (Å²) in [5, 5.41) is 2.99. The molecule has 0 spiro atoms. The lowest BCUT2D eigenvalue weighted by Gasteiger charge is -2.08. The Hall–Kier alpha value is -1.82. The van der Waals surface area contributed by atoms with E-state index in [4.69, 9.17) is 4.74 Å². The number of nitrogens with zero attached hydrogens (tertiary/aromatic N) is 3. The molecule has 0 aliphatic heterocycles. The van der Waals surface area contributed by atoms with E-state index in [0.717, 1.165) is 29.2 Å². The lowest BCUT2D eigenvalue weighted by Crippen LogP contribution is -2.12. The van der Waals surface area contributed by atoms with Crippen molar-refractivity contribution in [3.05, 3.63) is 39.4 Å². The molecule has 0 radical (unpaired) electrons. The van der Waals surface area contributed by atoms with Crippen LogP contribution in [0.25, 0.3) is 0 Å². The second-order valence-electron chi connectivity index (χ2n) is 4.68. The van der Waals surface area contributed by atoms with E-state index in [9.17, 15) is 4.79 Å². The second-order valence-corrected chi connectivity index (χ2v) is 5.62. The van der Waals surface area contributed by atoms with Crippen LogP contribution in [0, 0.1) is 6.92 Å². The zero-order valence-electron chi connectivity index (χ0n) is 12.5. The van der Waals surface area contributed by atoms with Gasteiger partial charge in [0.05, 0.1) is 24.3 Å². The largest absolute Gasteiger partial charge is 0.462 e. The molecule has 6 heteroatoms. The Morgan fingerprint density at radius 2 is 2.14 bits per heavy atom. The molecule has 2 rings (SSSR count). The second kappa shape index (κ2) is 7.26. The molecule has 0 aliphatic carbocycles. The Balaban J connectivity index is 2.24. The third-order valence-electron chi connectivity index (χ3n) is 2.88. The van der Waals surface area contributed by atoms with Crippen LogP contribution in [0.4, 0.5) is 0 Å². The molecule has 0 N–H and O–H groups in total. The number of thiazole rings is 1. The van der Waals surface area contributed by atoms with Gasteiger partial charge in [-0.2, -0.15) is 0 Å². The van der Waals surface area contributed by atoms with Crippen molar-refractivity contribution in [3.8, 4) is 0 Å². The van der Waals surface area contributed by atoms with Gasteiger partial charge in [0.2, 0.25) is 0 Å². The molecule has 0 saturated carbocycles. The fourth-order valence-corrected chi connectivity index (χ4v) is 2.74. The molecule has 5 nitrogen and oxygen atoms in total. The van der Waals surface area contributed by atoms with Crippen molar-refractivity contribution in [2.45, 2.75) is 40.0 Å². The Labute approximate surface area is 128 Å². The normalized spacial score (nSPS) is 10.6. The Kier molecular flexibility index (Phi) is 5.38. The van der Waals surface area contributed by atoms with Crippen LogP contribution >= 0.6 is 11.3 Å². The summed E-state index contributed by atoms with van der Waals surface area (Å²) in [6, 6.07) is 0. The number of carbonyl (C=O) groups is 1. The summed E-state index contributed by atoms with van der Waals surface area (Å²) in [7, 11) is 0. The van der Waals surface area contributed by atoms with E-state index in [1.807, 2.05) is 12.3 Å². The van der Waals surface area contributed by atoms with E-state index in [2.05, 4.69) is 21.9 Å². The van der Waals surface area contributed by atoms with Crippen molar-refractivity contribution in [2.75, 3.05) is 6.61 Å². The molecule has 0 fully saturated rings. The van der Waals surface area contributed by atoms with E-state index >= 15 is 0 Å². The van der Waals surface area contributed by atoms with Crippen LogP contribution < -0.4 is 0 Å². The first-order chi connectivity index (χ1) is 10.1. The topological polar surface area (TPSA) is 65.0 Å². The molecule has 2 aromatic heterocycles. The molecule has 0 aromatic carbocycles. The van der Waals surface area contributed by atoms with Crippen molar-refractivity contribution >= 4 is 17.3 Å². The maximum Gasteiger partial charge on any atom is 0.341 e. The van der Waals surface area contributed by atoms with Crippen molar-refractivity contribution < 1.29 is 9.53 Å². The van der Waals surface area contributed by atoms with E-state index in [1.165, 1.54) is 0 Å². The summed E-state index contributed by atoms with van der Waals surface area (Å²) in [4.78, 5) is 25.1. The summed E-state index contributed by atoms with van der Waals surface area (Å²) in [5.74, 6) is 0.346. The highest BCUT2D eigenvalue weighted by atomic mass is 32.1. The van der Waals surface area contributed by atoms with Gasteiger partial charge in [-0.3, -0.25) is 0 Å². The van der Waals surface area contributed by atoms with E-state index in [1.54, 1.807) is 24.5 Å². The first-order valence-electron chi connectivity index (χ1n) is 7.07. The molecular formula is C15H19N3O2S. The number of aryl methyl sites for hydroxylation is 2. The minimum atomic E-state index is -0.349. The minimum Gasteiger partial charge on any atom is -0.462 e. The first-order valence-corrected chi connectivity index (χ1v) is 7.94. The maximum absolute atomic E-state index is 11.9. The number of rotatable bonds is 6. The number of esters is 1. The summed E-state index contributed by atoms with van der Waals surface area (Å²) in [6.45, 7) is 6.16. The highest BCUT2D eigenvalue weighted by Crippen LogP contribution is 2.15. The van der Waals surface area contributed by atoms with Crippen molar-refractivity contribution in [1.82, 2.24) is 15.0 Å². The summed E-state index contributed by atoms with van der Waals surface area (Å²) >= 11 is 1.60. The third-order valence-corrected chi connectivity index (χ3v) is 3.84. The van der Waals surface area contributed by atoms with Crippen molar-refractivity contribution in [1.29, 1.82) is 0 Å². The van der Waals surface area contributed by atoms with Gasteiger partial charge in [-0.25, -0.2) is 19.7 Å². The third kappa shape index (κ3) is 4.07. The molecule has 2 aromatic rings. The number of hydrogen-bond donors (Lipinski definition) is 0. The van der Waals surface area contributed by atoms with Gasteiger partial charge >= 0.3 is 5.97 Å². The molecular weight excluding hydrogens is 286 g/mol. The van der Waals surface area contributed by atoms with Gasteiger partial charge in [-0.15, -0.1) is 11.3 Å². The van der Waals surface area contributed by atoms with Gasteiger partial charge in [0, 0.05) is 17.3 Å². The predicted molar refractivity (Wildman–Crippen MR) is 81.6 cm³/mol. The smallest absolute Gasteiger partial charge is 0.341 e. The van der Waals surface area contributed by atoms with Gasteiger partial charge in [-0.1, -0.05) is 13.3 Å². The van der Waals surface area contributed by atoms with Crippen molar-refractivity contribution in [2.24, 2.45) is 0 Å². The van der Waals surface area contributed by atoms with Crippen LogP contribution in [0.1, 0.15) is 52.8 Å². The Morgan fingerprint density at radius 1 is 1.33 bits per heavy atom. The molecule has 2 heterocycles. The SMILES string of the molecule is CCCc1nc(Cc2nc(C)cs2)ncc1C(=O)OCC. The van der Waals surface area contributed by atoms with Gasteiger partial charge in [-0.05, 0) is 20.3 Å². The van der Waals surface area contributed by atoms with Crippen LogP contribution in [0.3, 0.4) is 0 Å². The van der Waals surface area contributed by atoms with E-state index in [0.29, 0.717) is 24.4 Å². The number of hydrogen-bond acceptors (Lipinski definition) is 6. The van der Waals surface area contributed by atoms with Crippen LogP contribution in [0.5, 0.6) is 0 Å². The average molecular weight is 305 g/mol. The molecule has 21 heavy (non-hydrogen) atoms. The quantitative estimate of drug-likeness (QED) is 0.768. The fraction of sp³-hybridized carbons (Fsp3) is 0.467. The van der Waals surface area contributed by atoms with E-state index < -0.39 is 0 Å². The standard InChI is InChI=1S/C15H19N3O2S/c1-4-6-12-11(15(19)20-5-2)8-16-13(18-12)7-14-17-10(3)9-21-14/h8-9H,4-7H2,1-3H3. The van der Waals surface area contributed by atoms with Gasteiger partial charge in [0.25, 0.3) is 0 Å². The molecule has 0 atom stereocenters. The first kappa shape index (κ1) is 15.6. The van der Waals surface area contributed by atoms with E-state index in [-0.39, 0.29) is 5.97 Å². The lowest BCUT2D eigenvalue weighted by molar-refractivity contribution is 0.0524. The summed E-state index contributed by atoms with van der Waals surface area (Å²) in [5.41, 5.74) is 2.24. The van der Waals surface area contributed by atoms with Crippen LogP contribution in [0.2, 0.25) is 0 Å². The fourth-order valence-electron chi connectivity index (χ4n) is 1.97. The van der Waals surface area contributed by atoms with Crippen LogP contribution in [-0.2, 0) is 17.6 Å². The zero-order valence-corrected chi connectivity index (χ0v) is 13.4. The average Bonchev–Trinajstić information content (AvgIpc) is 2.85. The molecule has 112 valence electrons. The molecule has 0 saturated heterocycles. The van der Waals surface area contributed by atoms with Gasteiger partial charge in [0.15, 0.2) is 0 Å². The number of carbonyl (C=O) groups excluding carboxylic acids is 1. The maximum atomic E-state index is 11.9. The highest BCUT2D eigenvalue weighted by Gasteiger charge is 2.15. The predicted octanol–water partition coefficient (Wildman–Crippen LogP) is 2.96. The minimum absolute atomic E-state index is 0.349. The molecule has 0 amide bonds. The zero-order chi connectivity index (χ0) is 15.2. The van der Waals surface area contributed by atoms with Crippen molar-refractivity contribution in [3.63, 3.8) is 0 Å².